The first-order chi connectivity index (χ1) is 8.20. The van der Waals surface area contributed by atoms with E-state index < -0.39 is 0 Å². The maximum Gasteiger partial charge on any atom is 0.230 e. The van der Waals surface area contributed by atoms with Gasteiger partial charge >= 0.3 is 0 Å². The minimum atomic E-state index is 0.391. The van der Waals surface area contributed by atoms with Crippen LogP contribution in [0.2, 0.25) is 0 Å². The van der Waals surface area contributed by atoms with Gasteiger partial charge in [-0.3, -0.25) is 0 Å². The highest BCUT2D eigenvalue weighted by Gasteiger charge is 2.29. The maximum atomic E-state index is 5.83. The van der Waals surface area contributed by atoms with Crippen molar-refractivity contribution in [3.05, 3.63) is 11.7 Å². The van der Waals surface area contributed by atoms with Gasteiger partial charge in [-0.25, -0.2) is 0 Å². The molecule has 2 atom stereocenters. The van der Waals surface area contributed by atoms with E-state index in [1.807, 2.05) is 0 Å². The van der Waals surface area contributed by atoms with E-state index in [1.54, 1.807) is 0 Å². The second-order valence-electron chi connectivity index (χ2n) is 5.53. The van der Waals surface area contributed by atoms with Gasteiger partial charge in [-0.1, -0.05) is 31.8 Å². The summed E-state index contributed by atoms with van der Waals surface area (Å²) in [5.41, 5.74) is 5.83. The van der Waals surface area contributed by atoms with Crippen LogP contribution in [0.3, 0.4) is 0 Å². The number of nitrogens with two attached hydrogens (primary N) is 1. The van der Waals surface area contributed by atoms with Gasteiger partial charge in [0.05, 0.1) is 0 Å². The molecule has 2 unspecified atom stereocenters. The molecule has 4 nitrogen and oxygen atoms in total. The van der Waals surface area contributed by atoms with Crippen molar-refractivity contribution in [1.82, 2.24) is 10.1 Å². The van der Waals surface area contributed by atoms with Crippen molar-refractivity contribution < 1.29 is 4.52 Å². The molecule has 2 N–H and O–H groups in total. The molecule has 4 heteroatoms. The summed E-state index contributed by atoms with van der Waals surface area (Å²) in [5.74, 6) is 3.14. The lowest BCUT2D eigenvalue weighted by atomic mass is 9.79. The second-order valence-corrected chi connectivity index (χ2v) is 5.53. The highest BCUT2D eigenvalue weighted by molar-refractivity contribution is 4.99. The van der Waals surface area contributed by atoms with Crippen LogP contribution in [0.15, 0.2) is 4.52 Å². The van der Waals surface area contributed by atoms with Crippen LogP contribution in [0.4, 0.5) is 0 Å². The highest BCUT2D eigenvalue weighted by atomic mass is 16.5. The van der Waals surface area contributed by atoms with Crippen molar-refractivity contribution in [1.29, 1.82) is 0 Å². The number of rotatable bonds is 4. The number of aromatic nitrogens is 2. The number of nitrogens with zero attached hydrogens (tertiary/aromatic N) is 2. The van der Waals surface area contributed by atoms with Crippen LogP contribution in [0.1, 0.15) is 57.2 Å². The molecule has 1 aliphatic carbocycles. The summed E-state index contributed by atoms with van der Waals surface area (Å²) in [6, 6.07) is 0. The van der Waals surface area contributed by atoms with Gasteiger partial charge in [0.15, 0.2) is 5.82 Å². The molecule has 1 saturated carbocycles. The summed E-state index contributed by atoms with van der Waals surface area (Å²) in [5, 5.41) is 4.07. The fourth-order valence-corrected chi connectivity index (χ4v) is 2.68. The molecular weight excluding hydrogens is 214 g/mol. The van der Waals surface area contributed by atoms with Gasteiger partial charge in [-0.05, 0) is 31.2 Å². The zero-order valence-corrected chi connectivity index (χ0v) is 10.9. The van der Waals surface area contributed by atoms with E-state index in [4.69, 9.17) is 10.3 Å². The SMILES string of the molecule is CC(C)Cc1noc(C2CCCCC2CN)n1. The van der Waals surface area contributed by atoms with E-state index in [9.17, 15) is 0 Å². The van der Waals surface area contributed by atoms with E-state index >= 15 is 0 Å². The number of hydrogen-bond donors (Lipinski definition) is 1. The van der Waals surface area contributed by atoms with Gasteiger partial charge in [-0.15, -0.1) is 0 Å². The van der Waals surface area contributed by atoms with E-state index in [0.717, 1.165) is 31.1 Å². The molecule has 17 heavy (non-hydrogen) atoms. The third-order valence-electron chi connectivity index (χ3n) is 3.60. The summed E-state index contributed by atoms with van der Waals surface area (Å²) in [7, 11) is 0. The van der Waals surface area contributed by atoms with Crippen LogP contribution < -0.4 is 5.73 Å². The lowest BCUT2D eigenvalue weighted by Gasteiger charge is -2.27. The first-order valence-electron chi connectivity index (χ1n) is 6.73. The van der Waals surface area contributed by atoms with E-state index in [0.29, 0.717) is 17.8 Å². The molecular formula is C13H23N3O. The van der Waals surface area contributed by atoms with Crippen molar-refractivity contribution in [2.75, 3.05) is 6.54 Å². The van der Waals surface area contributed by atoms with Crippen molar-refractivity contribution in [3.63, 3.8) is 0 Å². The highest BCUT2D eigenvalue weighted by Crippen LogP contribution is 2.36. The van der Waals surface area contributed by atoms with E-state index in [1.165, 1.54) is 19.3 Å². The first-order valence-corrected chi connectivity index (χ1v) is 6.73. The van der Waals surface area contributed by atoms with Crippen LogP contribution in [-0.4, -0.2) is 16.7 Å². The quantitative estimate of drug-likeness (QED) is 0.873. The average Bonchev–Trinajstić information content (AvgIpc) is 2.76. The van der Waals surface area contributed by atoms with Gasteiger partial charge in [0, 0.05) is 12.3 Å². The molecule has 0 amide bonds. The molecule has 1 aromatic heterocycles. The van der Waals surface area contributed by atoms with Crippen molar-refractivity contribution in [2.24, 2.45) is 17.6 Å². The standard InChI is InChI=1S/C13H23N3O/c1-9(2)7-12-15-13(17-16-12)11-6-4-3-5-10(11)8-14/h9-11H,3-8,14H2,1-2H3. The van der Waals surface area contributed by atoms with Gasteiger partial charge in [0.1, 0.15) is 0 Å². The van der Waals surface area contributed by atoms with Crippen molar-refractivity contribution in [3.8, 4) is 0 Å². The normalized spacial score (nSPS) is 25.4. The summed E-state index contributed by atoms with van der Waals surface area (Å²) < 4.78 is 5.42. The monoisotopic (exact) mass is 237 g/mol. The molecule has 2 rings (SSSR count). The minimum Gasteiger partial charge on any atom is -0.339 e. The molecule has 1 aromatic rings. The third kappa shape index (κ3) is 3.06. The fourth-order valence-electron chi connectivity index (χ4n) is 2.68. The molecule has 0 aromatic carbocycles. The van der Waals surface area contributed by atoms with Gasteiger partial charge in [0.2, 0.25) is 5.89 Å². The molecule has 96 valence electrons. The molecule has 0 radical (unpaired) electrons. The molecule has 1 fully saturated rings. The molecule has 1 heterocycles. The molecule has 1 aliphatic rings. The van der Waals surface area contributed by atoms with Gasteiger partial charge in [0.25, 0.3) is 0 Å². The topological polar surface area (TPSA) is 64.9 Å². The molecule has 0 aliphatic heterocycles. The molecule has 0 saturated heterocycles. The predicted molar refractivity (Wildman–Crippen MR) is 66.6 cm³/mol. The Labute approximate surface area is 103 Å². The van der Waals surface area contributed by atoms with E-state index in [2.05, 4.69) is 24.0 Å². The van der Waals surface area contributed by atoms with Crippen LogP contribution in [-0.2, 0) is 6.42 Å². The van der Waals surface area contributed by atoms with Crippen LogP contribution in [0.5, 0.6) is 0 Å². The zero-order valence-electron chi connectivity index (χ0n) is 10.9. The Hall–Kier alpha value is -0.900. The summed E-state index contributed by atoms with van der Waals surface area (Å²) in [6.45, 7) is 5.06. The lowest BCUT2D eigenvalue weighted by molar-refractivity contribution is 0.249. The predicted octanol–water partition coefficient (Wildman–Crippen LogP) is 2.50. The van der Waals surface area contributed by atoms with Crippen LogP contribution >= 0.6 is 0 Å². The maximum absolute atomic E-state index is 5.83. The molecule has 0 bridgehead atoms. The van der Waals surface area contributed by atoms with Crippen molar-refractivity contribution >= 4 is 0 Å². The Morgan fingerprint density at radius 3 is 2.82 bits per heavy atom. The lowest BCUT2D eigenvalue weighted by Crippen LogP contribution is -2.25. The van der Waals surface area contributed by atoms with E-state index in [-0.39, 0.29) is 0 Å². The van der Waals surface area contributed by atoms with Crippen LogP contribution in [0.25, 0.3) is 0 Å². The Morgan fingerprint density at radius 1 is 1.35 bits per heavy atom. The summed E-state index contributed by atoms with van der Waals surface area (Å²) in [6.07, 6.45) is 5.77. The largest absolute Gasteiger partial charge is 0.339 e. The number of hydrogen-bond acceptors (Lipinski definition) is 4. The average molecular weight is 237 g/mol. The van der Waals surface area contributed by atoms with Crippen molar-refractivity contribution in [2.45, 2.75) is 51.9 Å². The second kappa shape index (κ2) is 5.63. The molecule has 0 spiro atoms. The zero-order chi connectivity index (χ0) is 12.3. The Bertz CT molecular complexity index is 348. The smallest absolute Gasteiger partial charge is 0.230 e. The first kappa shape index (κ1) is 12.6. The minimum absolute atomic E-state index is 0.391. The Kier molecular flexibility index (Phi) is 4.15. The Balaban J connectivity index is 2.07. The summed E-state index contributed by atoms with van der Waals surface area (Å²) >= 11 is 0. The van der Waals surface area contributed by atoms with Gasteiger partial charge < -0.3 is 10.3 Å². The van der Waals surface area contributed by atoms with Gasteiger partial charge in [-0.2, -0.15) is 4.98 Å². The van der Waals surface area contributed by atoms with Crippen LogP contribution in [0, 0.1) is 11.8 Å². The fraction of sp³-hybridized carbons (Fsp3) is 0.846. The Morgan fingerprint density at radius 2 is 2.12 bits per heavy atom. The third-order valence-corrected chi connectivity index (χ3v) is 3.60. The summed E-state index contributed by atoms with van der Waals surface area (Å²) in [4.78, 5) is 4.54.